The van der Waals surface area contributed by atoms with Crippen LogP contribution in [0.4, 0.5) is 0 Å². The molecule has 1 saturated carbocycles. The zero-order chi connectivity index (χ0) is 15.2. The lowest BCUT2D eigenvalue weighted by Crippen LogP contribution is -2.32. The first-order chi connectivity index (χ1) is 10.1. The van der Waals surface area contributed by atoms with Gasteiger partial charge in [-0.05, 0) is 43.2 Å². The third-order valence-corrected chi connectivity index (χ3v) is 4.18. The number of amidine groups is 1. The van der Waals surface area contributed by atoms with E-state index >= 15 is 0 Å². The first kappa shape index (κ1) is 15.4. The molecule has 21 heavy (non-hydrogen) atoms. The minimum absolute atomic E-state index is 0.0736. The third kappa shape index (κ3) is 4.21. The lowest BCUT2D eigenvalue weighted by molar-refractivity contribution is -0.126. The van der Waals surface area contributed by atoms with Gasteiger partial charge in [0.25, 0.3) is 0 Å². The summed E-state index contributed by atoms with van der Waals surface area (Å²) in [6.45, 7) is 2.71. The van der Waals surface area contributed by atoms with Crippen LogP contribution < -0.4 is 11.1 Å². The molecule has 0 heterocycles. The van der Waals surface area contributed by atoms with Gasteiger partial charge in [-0.3, -0.25) is 4.79 Å². The molecule has 114 valence electrons. The normalized spacial score (nSPS) is 22.8. The summed E-state index contributed by atoms with van der Waals surface area (Å²) in [6, 6.07) is 7.33. The van der Waals surface area contributed by atoms with Crippen molar-refractivity contribution in [3.63, 3.8) is 0 Å². The molecule has 1 aliphatic carbocycles. The van der Waals surface area contributed by atoms with E-state index in [1.54, 1.807) is 6.07 Å². The van der Waals surface area contributed by atoms with Crippen molar-refractivity contribution in [1.29, 1.82) is 0 Å². The highest BCUT2D eigenvalue weighted by atomic mass is 16.4. The Kier molecular flexibility index (Phi) is 5.20. The van der Waals surface area contributed by atoms with Gasteiger partial charge < -0.3 is 16.3 Å². The molecule has 1 aromatic rings. The molecule has 0 atom stereocenters. The standard InChI is InChI=1S/C16H23N3O2/c1-11-5-7-13(8-6-11)16(20)18-10-12-3-2-4-14(9-12)15(17)19-21/h2-4,9,11,13,21H,5-8,10H2,1H3,(H2,17,19)(H,18,20). The number of rotatable bonds is 4. The van der Waals surface area contributed by atoms with Crippen molar-refractivity contribution in [3.8, 4) is 0 Å². The van der Waals surface area contributed by atoms with E-state index in [1.165, 1.54) is 0 Å². The number of amides is 1. The lowest BCUT2D eigenvalue weighted by Gasteiger charge is -2.25. The minimum atomic E-state index is 0.0736. The number of nitrogens with two attached hydrogens (primary N) is 1. The van der Waals surface area contributed by atoms with Crippen molar-refractivity contribution in [3.05, 3.63) is 35.4 Å². The fraction of sp³-hybridized carbons (Fsp3) is 0.500. The summed E-state index contributed by atoms with van der Waals surface area (Å²) in [5.74, 6) is 1.10. The summed E-state index contributed by atoms with van der Waals surface area (Å²) in [5, 5.41) is 14.7. The molecule has 1 aliphatic rings. The molecule has 4 N–H and O–H groups in total. The number of carbonyl (C=O) groups is 1. The van der Waals surface area contributed by atoms with Gasteiger partial charge in [0.15, 0.2) is 5.84 Å². The molecule has 1 fully saturated rings. The van der Waals surface area contributed by atoms with Crippen LogP contribution in [0, 0.1) is 11.8 Å². The van der Waals surface area contributed by atoms with Crippen LogP contribution in [-0.4, -0.2) is 17.0 Å². The monoisotopic (exact) mass is 289 g/mol. The molecule has 0 aliphatic heterocycles. The molecular weight excluding hydrogens is 266 g/mol. The second-order valence-corrected chi connectivity index (χ2v) is 5.86. The van der Waals surface area contributed by atoms with E-state index in [1.807, 2.05) is 18.2 Å². The Balaban J connectivity index is 1.89. The van der Waals surface area contributed by atoms with Crippen LogP contribution in [-0.2, 0) is 11.3 Å². The Labute approximate surface area is 125 Å². The van der Waals surface area contributed by atoms with E-state index in [2.05, 4.69) is 17.4 Å². The van der Waals surface area contributed by atoms with E-state index in [0.717, 1.165) is 37.2 Å². The van der Waals surface area contributed by atoms with Crippen molar-refractivity contribution in [2.45, 2.75) is 39.2 Å². The van der Waals surface area contributed by atoms with Crippen LogP contribution >= 0.6 is 0 Å². The van der Waals surface area contributed by atoms with Gasteiger partial charge in [0.1, 0.15) is 0 Å². The molecule has 0 radical (unpaired) electrons. The van der Waals surface area contributed by atoms with Crippen molar-refractivity contribution < 1.29 is 10.0 Å². The highest BCUT2D eigenvalue weighted by Crippen LogP contribution is 2.28. The Morgan fingerprint density at radius 2 is 2.10 bits per heavy atom. The van der Waals surface area contributed by atoms with Gasteiger partial charge in [0.2, 0.25) is 5.91 Å². The van der Waals surface area contributed by atoms with E-state index in [0.29, 0.717) is 12.1 Å². The Hall–Kier alpha value is -2.04. The fourth-order valence-electron chi connectivity index (χ4n) is 2.75. The summed E-state index contributed by atoms with van der Waals surface area (Å²) < 4.78 is 0. The summed E-state index contributed by atoms with van der Waals surface area (Å²) >= 11 is 0. The smallest absolute Gasteiger partial charge is 0.223 e. The fourth-order valence-corrected chi connectivity index (χ4v) is 2.75. The SMILES string of the molecule is CC1CCC(C(=O)NCc2cccc(/C(N)=N/O)c2)CC1. The highest BCUT2D eigenvalue weighted by Gasteiger charge is 2.23. The average molecular weight is 289 g/mol. The molecule has 1 aromatic carbocycles. The number of nitrogens with one attached hydrogen (secondary N) is 1. The first-order valence-corrected chi connectivity index (χ1v) is 7.44. The molecule has 5 heteroatoms. The molecule has 0 bridgehead atoms. The van der Waals surface area contributed by atoms with Crippen molar-refractivity contribution in [2.24, 2.45) is 22.7 Å². The minimum Gasteiger partial charge on any atom is -0.409 e. The number of hydrogen-bond acceptors (Lipinski definition) is 3. The van der Waals surface area contributed by atoms with Crippen LogP contribution in [0.1, 0.15) is 43.7 Å². The molecule has 0 spiro atoms. The molecule has 5 nitrogen and oxygen atoms in total. The number of nitrogens with zero attached hydrogens (tertiary/aromatic N) is 1. The summed E-state index contributed by atoms with van der Waals surface area (Å²) in [4.78, 5) is 12.2. The van der Waals surface area contributed by atoms with Crippen LogP contribution in [0.25, 0.3) is 0 Å². The quantitative estimate of drug-likeness (QED) is 0.344. The van der Waals surface area contributed by atoms with Gasteiger partial charge in [0.05, 0.1) is 0 Å². The van der Waals surface area contributed by atoms with Crippen LogP contribution in [0.15, 0.2) is 29.4 Å². The predicted octanol–water partition coefficient (Wildman–Crippen LogP) is 2.22. The summed E-state index contributed by atoms with van der Waals surface area (Å²) in [7, 11) is 0. The van der Waals surface area contributed by atoms with Gasteiger partial charge in [-0.1, -0.05) is 30.3 Å². The Morgan fingerprint density at radius 3 is 2.76 bits per heavy atom. The number of oxime groups is 1. The van der Waals surface area contributed by atoms with Gasteiger partial charge in [-0.15, -0.1) is 0 Å². The molecule has 2 rings (SSSR count). The van der Waals surface area contributed by atoms with E-state index < -0.39 is 0 Å². The summed E-state index contributed by atoms with van der Waals surface area (Å²) in [5.41, 5.74) is 7.15. The largest absolute Gasteiger partial charge is 0.409 e. The van der Waals surface area contributed by atoms with Crippen LogP contribution in [0.5, 0.6) is 0 Å². The summed E-state index contributed by atoms with van der Waals surface area (Å²) in [6.07, 6.45) is 4.24. The Bertz CT molecular complexity index is 520. The second-order valence-electron chi connectivity index (χ2n) is 5.86. The molecule has 0 saturated heterocycles. The molecule has 0 aromatic heterocycles. The van der Waals surface area contributed by atoms with Crippen molar-refractivity contribution >= 4 is 11.7 Å². The van der Waals surface area contributed by atoms with Crippen LogP contribution in [0.3, 0.4) is 0 Å². The van der Waals surface area contributed by atoms with Gasteiger partial charge >= 0.3 is 0 Å². The zero-order valence-electron chi connectivity index (χ0n) is 12.4. The van der Waals surface area contributed by atoms with Crippen LogP contribution in [0.2, 0.25) is 0 Å². The second kappa shape index (κ2) is 7.11. The van der Waals surface area contributed by atoms with Gasteiger partial charge in [-0.25, -0.2) is 0 Å². The van der Waals surface area contributed by atoms with E-state index in [9.17, 15) is 4.79 Å². The van der Waals surface area contributed by atoms with Gasteiger partial charge in [0, 0.05) is 18.0 Å². The van der Waals surface area contributed by atoms with Crippen molar-refractivity contribution in [1.82, 2.24) is 5.32 Å². The third-order valence-electron chi connectivity index (χ3n) is 4.18. The number of hydrogen-bond donors (Lipinski definition) is 3. The number of benzene rings is 1. The van der Waals surface area contributed by atoms with Crippen molar-refractivity contribution in [2.75, 3.05) is 0 Å². The maximum Gasteiger partial charge on any atom is 0.223 e. The maximum absolute atomic E-state index is 12.2. The predicted molar refractivity (Wildman–Crippen MR) is 81.9 cm³/mol. The topological polar surface area (TPSA) is 87.7 Å². The average Bonchev–Trinajstić information content (AvgIpc) is 2.52. The number of carbonyl (C=O) groups excluding carboxylic acids is 1. The molecular formula is C16H23N3O2. The molecule has 1 amide bonds. The Morgan fingerprint density at radius 1 is 1.38 bits per heavy atom. The highest BCUT2D eigenvalue weighted by molar-refractivity contribution is 5.97. The zero-order valence-corrected chi connectivity index (χ0v) is 12.4. The lowest BCUT2D eigenvalue weighted by atomic mass is 9.82. The van der Waals surface area contributed by atoms with E-state index in [4.69, 9.17) is 10.9 Å². The maximum atomic E-state index is 12.2. The molecule has 0 unspecified atom stereocenters. The first-order valence-electron chi connectivity index (χ1n) is 7.44. The van der Waals surface area contributed by atoms with Gasteiger partial charge in [-0.2, -0.15) is 0 Å². The van der Waals surface area contributed by atoms with E-state index in [-0.39, 0.29) is 17.7 Å².